The maximum absolute atomic E-state index is 11.5. The molecule has 1 aliphatic carbocycles. The third-order valence-corrected chi connectivity index (χ3v) is 3.42. The van der Waals surface area contributed by atoms with Gasteiger partial charge in [-0.3, -0.25) is 4.79 Å². The molecular formula is C17H12O6. The van der Waals surface area contributed by atoms with Crippen LogP contribution in [-0.2, 0) is 0 Å². The molecular weight excluding hydrogens is 300 g/mol. The Hall–Kier alpha value is -3.28. The zero-order chi connectivity index (χ0) is 16.6. The first-order chi connectivity index (χ1) is 11.0. The number of aromatic hydroxyl groups is 1. The van der Waals surface area contributed by atoms with Crippen LogP contribution in [0.1, 0.15) is 10.4 Å². The lowest BCUT2D eigenvalue weighted by atomic mass is 10.0. The molecule has 2 aliphatic rings. The van der Waals surface area contributed by atoms with Gasteiger partial charge in [0.1, 0.15) is 23.0 Å². The van der Waals surface area contributed by atoms with Gasteiger partial charge < -0.3 is 19.4 Å². The van der Waals surface area contributed by atoms with Gasteiger partial charge >= 0.3 is 5.97 Å². The van der Waals surface area contributed by atoms with E-state index in [0.29, 0.717) is 11.3 Å². The molecule has 6 heteroatoms. The van der Waals surface area contributed by atoms with E-state index >= 15 is 0 Å². The molecule has 1 aliphatic heterocycles. The molecule has 0 fully saturated rings. The van der Waals surface area contributed by atoms with Gasteiger partial charge in [0.05, 0.1) is 18.2 Å². The number of fused-ring (bicyclic) bond motifs is 1. The SMILES string of the molecule is COc1ccc(-c2cc(C(=O)O)c3c(O)cc(=O)cc-3o2)cc1. The van der Waals surface area contributed by atoms with Crippen molar-refractivity contribution in [1.29, 1.82) is 0 Å². The highest BCUT2D eigenvalue weighted by Crippen LogP contribution is 2.37. The number of hydrogen-bond donors (Lipinski definition) is 2. The first kappa shape index (κ1) is 14.6. The highest BCUT2D eigenvalue weighted by Gasteiger charge is 2.22. The molecule has 0 atom stereocenters. The van der Waals surface area contributed by atoms with Gasteiger partial charge in [-0.15, -0.1) is 0 Å². The van der Waals surface area contributed by atoms with E-state index in [1.54, 1.807) is 24.3 Å². The highest BCUT2D eigenvalue weighted by molar-refractivity contribution is 5.98. The molecule has 0 bridgehead atoms. The number of rotatable bonds is 3. The number of carboxylic acid groups (broad SMARTS) is 1. The smallest absolute Gasteiger partial charge is 0.336 e. The van der Waals surface area contributed by atoms with Crippen molar-refractivity contribution in [3.8, 4) is 34.1 Å². The molecule has 0 unspecified atom stereocenters. The molecule has 1 aromatic rings. The van der Waals surface area contributed by atoms with Crippen molar-refractivity contribution >= 4 is 5.97 Å². The number of aromatic carboxylic acids is 1. The molecule has 0 amide bonds. The van der Waals surface area contributed by atoms with Crippen LogP contribution in [-0.4, -0.2) is 23.3 Å². The Bertz CT molecular complexity index is 907. The van der Waals surface area contributed by atoms with E-state index in [9.17, 15) is 19.8 Å². The van der Waals surface area contributed by atoms with Crippen LogP contribution >= 0.6 is 0 Å². The minimum Gasteiger partial charge on any atom is -0.507 e. The van der Waals surface area contributed by atoms with Crippen LogP contribution in [0.4, 0.5) is 0 Å². The summed E-state index contributed by atoms with van der Waals surface area (Å²) in [4.78, 5) is 23.0. The number of carboxylic acids is 1. The Kier molecular flexibility index (Phi) is 3.50. The second-order valence-electron chi connectivity index (χ2n) is 4.87. The monoisotopic (exact) mass is 312 g/mol. The number of methoxy groups -OCH3 is 1. The van der Waals surface area contributed by atoms with E-state index < -0.39 is 17.1 Å². The van der Waals surface area contributed by atoms with E-state index in [-0.39, 0.29) is 22.6 Å². The first-order valence-corrected chi connectivity index (χ1v) is 6.68. The molecule has 3 rings (SSSR count). The van der Waals surface area contributed by atoms with Crippen molar-refractivity contribution in [2.75, 3.05) is 7.11 Å². The number of phenols is 1. The summed E-state index contributed by atoms with van der Waals surface area (Å²) in [5, 5.41) is 19.3. The van der Waals surface area contributed by atoms with Gasteiger partial charge in [-0.05, 0) is 30.3 Å². The number of phenolic OH excluding ortho intramolecular Hbond substituents is 1. The zero-order valence-electron chi connectivity index (χ0n) is 12.1. The van der Waals surface area contributed by atoms with Gasteiger partial charge in [0.2, 0.25) is 0 Å². The van der Waals surface area contributed by atoms with Gasteiger partial charge in [0.15, 0.2) is 5.43 Å². The van der Waals surface area contributed by atoms with E-state index in [1.165, 1.54) is 13.2 Å². The number of ether oxygens (including phenoxy) is 1. The van der Waals surface area contributed by atoms with Crippen LogP contribution in [0.5, 0.6) is 11.5 Å². The second kappa shape index (κ2) is 5.49. The molecule has 23 heavy (non-hydrogen) atoms. The molecule has 0 saturated carbocycles. The molecule has 6 nitrogen and oxygen atoms in total. The Morgan fingerprint density at radius 3 is 2.39 bits per heavy atom. The third kappa shape index (κ3) is 2.62. The second-order valence-corrected chi connectivity index (χ2v) is 4.87. The van der Waals surface area contributed by atoms with Crippen LogP contribution < -0.4 is 10.2 Å². The molecule has 2 N–H and O–H groups in total. The van der Waals surface area contributed by atoms with Crippen molar-refractivity contribution < 1.29 is 24.2 Å². The van der Waals surface area contributed by atoms with Crippen LogP contribution in [0.2, 0.25) is 0 Å². The molecule has 1 aromatic carbocycles. The minimum atomic E-state index is -1.23. The average molecular weight is 312 g/mol. The quantitative estimate of drug-likeness (QED) is 0.772. The molecule has 1 heterocycles. The van der Waals surface area contributed by atoms with Crippen molar-refractivity contribution in [1.82, 2.24) is 0 Å². The summed E-state index contributed by atoms with van der Waals surface area (Å²) in [6, 6.07) is 10.2. The third-order valence-electron chi connectivity index (χ3n) is 3.42. The summed E-state index contributed by atoms with van der Waals surface area (Å²) in [7, 11) is 1.54. The molecule has 0 spiro atoms. The largest absolute Gasteiger partial charge is 0.507 e. The van der Waals surface area contributed by atoms with E-state index in [0.717, 1.165) is 12.1 Å². The summed E-state index contributed by atoms with van der Waals surface area (Å²) in [5.41, 5.74) is -0.00288. The fourth-order valence-corrected chi connectivity index (χ4v) is 2.34. The van der Waals surface area contributed by atoms with Gasteiger partial charge in [-0.25, -0.2) is 4.79 Å². The van der Waals surface area contributed by atoms with Gasteiger partial charge in [-0.2, -0.15) is 0 Å². The van der Waals surface area contributed by atoms with Gasteiger partial charge in [0, 0.05) is 17.7 Å². The molecule has 116 valence electrons. The van der Waals surface area contributed by atoms with Gasteiger partial charge in [-0.1, -0.05) is 0 Å². The van der Waals surface area contributed by atoms with Crippen LogP contribution in [0, 0.1) is 0 Å². The fourth-order valence-electron chi connectivity index (χ4n) is 2.34. The topological polar surface area (TPSA) is 97.0 Å². The lowest BCUT2D eigenvalue weighted by molar-refractivity contribution is 0.0696. The average Bonchev–Trinajstić information content (AvgIpc) is 2.53. The van der Waals surface area contributed by atoms with Crippen molar-refractivity contribution in [2.24, 2.45) is 0 Å². The number of hydrogen-bond acceptors (Lipinski definition) is 5. The van der Waals surface area contributed by atoms with E-state index in [4.69, 9.17) is 9.15 Å². The number of benzene rings is 2. The Morgan fingerprint density at radius 2 is 1.78 bits per heavy atom. The van der Waals surface area contributed by atoms with Crippen molar-refractivity contribution in [3.63, 3.8) is 0 Å². The summed E-state index contributed by atoms with van der Waals surface area (Å²) >= 11 is 0. The van der Waals surface area contributed by atoms with Gasteiger partial charge in [0.25, 0.3) is 0 Å². The molecule has 0 aromatic heterocycles. The summed E-state index contributed by atoms with van der Waals surface area (Å²) in [6.45, 7) is 0. The maximum atomic E-state index is 11.5. The normalized spacial score (nSPS) is 10.7. The molecule has 0 radical (unpaired) electrons. The predicted molar refractivity (Wildman–Crippen MR) is 82.2 cm³/mol. The maximum Gasteiger partial charge on any atom is 0.336 e. The summed E-state index contributed by atoms with van der Waals surface area (Å²) < 4.78 is 10.7. The molecule has 0 saturated heterocycles. The van der Waals surface area contributed by atoms with E-state index in [2.05, 4.69) is 0 Å². The minimum absolute atomic E-state index is 0.00522. The van der Waals surface area contributed by atoms with Crippen LogP contribution in [0.15, 0.2) is 51.7 Å². The Morgan fingerprint density at radius 1 is 1.09 bits per heavy atom. The summed E-state index contributed by atoms with van der Waals surface area (Å²) in [6.07, 6.45) is 0. The summed E-state index contributed by atoms with van der Waals surface area (Å²) in [5.74, 6) is -0.722. The lowest BCUT2D eigenvalue weighted by Crippen LogP contribution is -2.06. The van der Waals surface area contributed by atoms with Crippen molar-refractivity contribution in [3.05, 3.63) is 58.3 Å². The fraction of sp³-hybridized carbons (Fsp3) is 0.0588. The first-order valence-electron chi connectivity index (χ1n) is 6.68. The predicted octanol–water partition coefficient (Wildman–Crippen LogP) is 2.82. The lowest BCUT2D eigenvalue weighted by Gasteiger charge is -2.12. The van der Waals surface area contributed by atoms with Crippen LogP contribution in [0.25, 0.3) is 22.6 Å². The standard InChI is InChI=1S/C17H12O6/c1-22-11-4-2-9(3-5-11)14-8-12(17(20)21)16-13(19)6-10(18)7-15(16)23-14/h2-8,19H,1H3,(H,20,21). The van der Waals surface area contributed by atoms with Crippen LogP contribution in [0.3, 0.4) is 0 Å². The number of carbonyl (C=O) groups is 1. The van der Waals surface area contributed by atoms with E-state index in [1.807, 2.05) is 0 Å². The van der Waals surface area contributed by atoms with Crippen molar-refractivity contribution in [2.45, 2.75) is 0 Å². The Labute approximate surface area is 130 Å². The zero-order valence-corrected chi connectivity index (χ0v) is 12.1. The highest BCUT2D eigenvalue weighted by atomic mass is 16.5. The Balaban J connectivity index is 2.28.